The van der Waals surface area contributed by atoms with E-state index in [0.29, 0.717) is 0 Å². The van der Waals surface area contributed by atoms with Gasteiger partial charge in [-0.15, -0.1) is 0 Å². The summed E-state index contributed by atoms with van der Waals surface area (Å²) in [6.07, 6.45) is -4.45. The standard InChI is InChI=1S/C18H21F3N2O4/c1-10(2)14(15(24)22-11(3)8-27-9-18(19,20)21)23-16(25)12-6-4-5-7-13(12)17(23)26/h4-7,10-11,14H,8-9H2,1-3H3,(H,22,24). The van der Waals surface area contributed by atoms with E-state index in [4.69, 9.17) is 0 Å². The lowest BCUT2D eigenvalue weighted by molar-refractivity contribution is -0.175. The molecule has 1 N–H and O–H groups in total. The van der Waals surface area contributed by atoms with Crippen molar-refractivity contribution in [3.8, 4) is 0 Å². The highest BCUT2D eigenvalue weighted by Gasteiger charge is 2.44. The third-order valence-electron chi connectivity index (χ3n) is 4.03. The fourth-order valence-corrected chi connectivity index (χ4v) is 2.90. The normalized spacial score (nSPS) is 16.5. The molecule has 2 unspecified atom stereocenters. The summed E-state index contributed by atoms with van der Waals surface area (Å²) in [5, 5.41) is 2.51. The lowest BCUT2D eigenvalue weighted by atomic mass is 10.0. The van der Waals surface area contributed by atoms with Crippen LogP contribution in [0.15, 0.2) is 24.3 Å². The molecule has 1 heterocycles. The van der Waals surface area contributed by atoms with Crippen LogP contribution in [0.5, 0.6) is 0 Å². The number of rotatable bonds is 7. The SMILES string of the molecule is CC(COCC(F)(F)F)NC(=O)C(C(C)C)N1C(=O)c2ccccc2C1=O. The number of hydrogen-bond acceptors (Lipinski definition) is 4. The molecular weight excluding hydrogens is 365 g/mol. The Balaban J connectivity index is 2.08. The predicted molar refractivity (Wildman–Crippen MR) is 90.0 cm³/mol. The van der Waals surface area contributed by atoms with E-state index in [1.165, 1.54) is 19.1 Å². The van der Waals surface area contributed by atoms with Crippen LogP contribution < -0.4 is 5.32 Å². The summed E-state index contributed by atoms with van der Waals surface area (Å²) in [7, 11) is 0. The minimum Gasteiger partial charge on any atom is -0.370 e. The van der Waals surface area contributed by atoms with Crippen molar-refractivity contribution >= 4 is 17.7 Å². The molecule has 27 heavy (non-hydrogen) atoms. The van der Waals surface area contributed by atoms with Crippen LogP contribution in [0, 0.1) is 5.92 Å². The van der Waals surface area contributed by atoms with Crippen molar-refractivity contribution in [2.24, 2.45) is 5.92 Å². The van der Waals surface area contributed by atoms with E-state index in [9.17, 15) is 27.6 Å². The monoisotopic (exact) mass is 386 g/mol. The van der Waals surface area contributed by atoms with Gasteiger partial charge in [0.2, 0.25) is 5.91 Å². The van der Waals surface area contributed by atoms with Crippen LogP contribution in [0.4, 0.5) is 13.2 Å². The minimum atomic E-state index is -4.45. The van der Waals surface area contributed by atoms with Crippen LogP contribution in [0.2, 0.25) is 0 Å². The maximum atomic E-state index is 12.6. The first-order chi connectivity index (χ1) is 12.5. The van der Waals surface area contributed by atoms with Crippen LogP contribution in [0.25, 0.3) is 0 Å². The number of carbonyl (C=O) groups excluding carboxylic acids is 3. The molecule has 0 saturated carbocycles. The molecule has 2 rings (SSSR count). The number of ether oxygens (including phenoxy) is 1. The maximum absolute atomic E-state index is 12.6. The van der Waals surface area contributed by atoms with Gasteiger partial charge in [0.05, 0.1) is 17.7 Å². The molecule has 148 valence electrons. The third-order valence-corrected chi connectivity index (χ3v) is 4.03. The zero-order chi connectivity index (χ0) is 20.4. The highest BCUT2D eigenvalue weighted by Crippen LogP contribution is 2.27. The fourth-order valence-electron chi connectivity index (χ4n) is 2.90. The van der Waals surface area contributed by atoms with Crippen molar-refractivity contribution in [3.63, 3.8) is 0 Å². The first-order valence-corrected chi connectivity index (χ1v) is 8.44. The number of benzene rings is 1. The van der Waals surface area contributed by atoms with Crippen molar-refractivity contribution in [1.29, 1.82) is 0 Å². The zero-order valence-corrected chi connectivity index (χ0v) is 15.2. The second-order valence-corrected chi connectivity index (χ2v) is 6.75. The topological polar surface area (TPSA) is 75.7 Å². The van der Waals surface area contributed by atoms with Crippen molar-refractivity contribution in [3.05, 3.63) is 35.4 Å². The van der Waals surface area contributed by atoms with Crippen molar-refractivity contribution in [2.45, 2.75) is 39.0 Å². The Kier molecular flexibility index (Phi) is 6.25. The summed E-state index contributed by atoms with van der Waals surface area (Å²) in [4.78, 5) is 38.8. The van der Waals surface area contributed by atoms with Gasteiger partial charge in [0.15, 0.2) is 0 Å². The highest BCUT2D eigenvalue weighted by atomic mass is 19.4. The summed E-state index contributed by atoms with van der Waals surface area (Å²) < 4.78 is 40.9. The average molecular weight is 386 g/mol. The number of alkyl halides is 3. The van der Waals surface area contributed by atoms with E-state index in [0.717, 1.165) is 4.90 Å². The Bertz CT molecular complexity index is 699. The van der Waals surface area contributed by atoms with Crippen molar-refractivity contribution < 1.29 is 32.3 Å². The number of halogens is 3. The van der Waals surface area contributed by atoms with Gasteiger partial charge in [-0.2, -0.15) is 13.2 Å². The summed E-state index contributed by atoms with van der Waals surface area (Å²) in [6.45, 7) is 3.07. The largest absolute Gasteiger partial charge is 0.411 e. The molecule has 0 fully saturated rings. The van der Waals surface area contributed by atoms with Crippen molar-refractivity contribution in [1.82, 2.24) is 10.2 Å². The third kappa shape index (κ3) is 4.85. The molecule has 1 aromatic rings. The summed E-state index contributed by atoms with van der Waals surface area (Å²) in [5.41, 5.74) is 0.449. The molecule has 1 aliphatic rings. The van der Waals surface area contributed by atoms with Gasteiger partial charge in [-0.3, -0.25) is 19.3 Å². The van der Waals surface area contributed by atoms with E-state index in [1.54, 1.807) is 26.0 Å². The average Bonchev–Trinajstić information content (AvgIpc) is 2.79. The molecule has 0 aliphatic carbocycles. The number of hydrogen-bond donors (Lipinski definition) is 1. The van der Waals surface area contributed by atoms with Gasteiger partial charge in [-0.25, -0.2) is 0 Å². The molecule has 0 aromatic heterocycles. The molecule has 1 aliphatic heterocycles. The van der Waals surface area contributed by atoms with Crippen LogP contribution in [0.1, 0.15) is 41.5 Å². The molecule has 0 saturated heterocycles. The summed E-state index contributed by atoms with van der Waals surface area (Å²) in [6, 6.07) is 4.46. The smallest absolute Gasteiger partial charge is 0.370 e. The molecule has 0 radical (unpaired) electrons. The second kappa shape index (κ2) is 8.08. The Hall–Kier alpha value is -2.42. The van der Waals surface area contributed by atoms with Gasteiger partial charge in [0.1, 0.15) is 12.6 Å². The number of fused-ring (bicyclic) bond motifs is 1. The zero-order valence-electron chi connectivity index (χ0n) is 15.2. The fraction of sp³-hybridized carbons (Fsp3) is 0.500. The van der Waals surface area contributed by atoms with E-state index in [1.807, 2.05) is 0 Å². The van der Waals surface area contributed by atoms with Gasteiger partial charge in [-0.1, -0.05) is 26.0 Å². The van der Waals surface area contributed by atoms with Gasteiger partial charge in [0, 0.05) is 6.04 Å². The lowest BCUT2D eigenvalue weighted by Gasteiger charge is -2.29. The first kappa shape index (κ1) is 20.9. The summed E-state index contributed by atoms with van der Waals surface area (Å²) >= 11 is 0. The molecule has 3 amide bonds. The number of amides is 3. The molecule has 0 spiro atoms. The second-order valence-electron chi connectivity index (χ2n) is 6.75. The van der Waals surface area contributed by atoms with Gasteiger partial charge < -0.3 is 10.1 Å². The Morgan fingerprint density at radius 1 is 1.11 bits per heavy atom. The Morgan fingerprint density at radius 3 is 2.07 bits per heavy atom. The Morgan fingerprint density at radius 2 is 1.63 bits per heavy atom. The first-order valence-electron chi connectivity index (χ1n) is 8.44. The maximum Gasteiger partial charge on any atom is 0.411 e. The van der Waals surface area contributed by atoms with E-state index in [-0.39, 0.29) is 17.7 Å². The lowest BCUT2D eigenvalue weighted by Crippen LogP contribution is -2.54. The van der Waals surface area contributed by atoms with Crippen LogP contribution in [-0.2, 0) is 9.53 Å². The Labute approximate surface area is 154 Å². The molecule has 0 bridgehead atoms. The molecule has 1 aromatic carbocycles. The molecule has 6 nitrogen and oxygen atoms in total. The van der Waals surface area contributed by atoms with Crippen molar-refractivity contribution in [2.75, 3.05) is 13.2 Å². The van der Waals surface area contributed by atoms with Crippen LogP contribution in [0.3, 0.4) is 0 Å². The molecular formula is C18H21F3N2O4. The van der Waals surface area contributed by atoms with Crippen LogP contribution in [-0.4, -0.2) is 54.1 Å². The quantitative estimate of drug-likeness (QED) is 0.730. The number of carbonyl (C=O) groups is 3. The highest BCUT2D eigenvalue weighted by molar-refractivity contribution is 6.22. The minimum absolute atomic E-state index is 0.225. The predicted octanol–water partition coefficient (Wildman–Crippen LogP) is 2.39. The van der Waals surface area contributed by atoms with Crippen LogP contribution >= 0.6 is 0 Å². The van der Waals surface area contributed by atoms with Gasteiger partial charge in [-0.05, 0) is 25.0 Å². The number of nitrogens with zero attached hydrogens (tertiary/aromatic N) is 1. The molecule has 9 heteroatoms. The van der Waals surface area contributed by atoms with Gasteiger partial charge in [0.25, 0.3) is 11.8 Å². The van der Waals surface area contributed by atoms with E-state index >= 15 is 0 Å². The number of imide groups is 1. The van der Waals surface area contributed by atoms with Gasteiger partial charge >= 0.3 is 6.18 Å². The number of nitrogens with one attached hydrogen (secondary N) is 1. The molecule has 2 atom stereocenters. The van der Waals surface area contributed by atoms with E-state index < -0.39 is 48.5 Å². The summed E-state index contributed by atoms with van der Waals surface area (Å²) in [5.74, 6) is -2.14. The van der Waals surface area contributed by atoms with E-state index in [2.05, 4.69) is 10.1 Å².